The Balaban J connectivity index is 1.91. The number of hydrogen-bond donors (Lipinski definition) is 1. The molecule has 0 aromatic carbocycles. The number of nitrogens with zero attached hydrogens (tertiary/aromatic N) is 3. The maximum Gasteiger partial charge on any atom is 0.131 e. The van der Waals surface area contributed by atoms with Crippen molar-refractivity contribution in [2.45, 2.75) is 70.9 Å². The fourth-order valence-electron chi connectivity index (χ4n) is 3.98. The molecule has 2 fully saturated rings. The second kappa shape index (κ2) is 6.30. The molecule has 3 rings (SSSR count). The van der Waals surface area contributed by atoms with Crippen molar-refractivity contribution in [1.29, 1.82) is 0 Å². The lowest BCUT2D eigenvalue weighted by atomic mass is 9.78. The van der Waals surface area contributed by atoms with Crippen molar-refractivity contribution >= 4 is 5.69 Å². The van der Waals surface area contributed by atoms with Gasteiger partial charge in [-0.05, 0) is 31.6 Å². The van der Waals surface area contributed by atoms with Gasteiger partial charge in [0, 0.05) is 18.5 Å². The van der Waals surface area contributed by atoms with Gasteiger partial charge in [-0.1, -0.05) is 26.7 Å². The molecule has 1 aliphatic carbocycles. The summed E-state index contributed by atoms with van der Waals surface area (Å²) in [6, 6.07) is 0.631. The summed E-state index contributed by atoms with van der Waals surface area (Å²) in [6.07, 6.45) is 9.91. The van der Waals surface area contributed by atoms with Crippen LogP contribution in [0.2, 0.25) is 0 Å². The normalized spacial score (nSPS) is 26.0. The standard InChI is InChI=1S/C17H27N3O/c1-12(2)17-18-10-16(14(11-21)19-17)20-9-5-7-13-6-3-4-8-15(13)20/h10,12-13,15,21H,3-9,11H2,1-2H3. The molecule has 2 heterocycles. The van der Waals surface area contributed by atoms with Gasteiger partial charge in [-0.3, -0.25) is 0 Å². The molecule has 2 unspecified atom stereocenters. The summed E-state index contributed by atoms with van der Waals surface area (Å²) in [7, 11) is 0. The minimum atomic E-state index is 0.00542. The Kier molecular flexibility index (Phi) is 4.43. The van der Waals surface area contributed by atoms with E-state index in [-0.39, 0.29) is 6.61 Å². The summed E-state index contributed by atoms with van der Waals surface area (Å²) < 4.78 is 0. The first-order valence-corrected chi connectivity index (χ1v) is 8.44. The fraction of sp³-hybridized carbons (Fsp3) is 0.765. The van der Waals surface area contributed by atoms with Gasteiger partial charge in [0.25, 0.3) is 0 Å². The molecular formula is C17H27N3O. The lowest BCUT2D eigenvalue weighted by molar-refractivity contribution is 0.240. The molecule has 0 radical (unpaired) electrons. The van der Waals surface area contributed by atoms with Crippen molar-refractivity contribution in [3.05, 3.63) is 17.7 Å². The molecule has 4 heteroatoms. The van der Waals surface area contributed by atoms with Gasteiger partial charge in [0.05, 0.1) is 24.2 Å². The lowest BCUT2D eigenvalue weighted by Gasteiger charge is -2.45. The Morgan fingerprint density at radius 1 is 1.24 bits per heavy atom. The monoisotopic (exact) mass is 289 g/mol. The maximum absolute atomic E-state index is 9.73. The molecule has 1 aromatic rings. The Labute approximate surface area is 127 Å². The molecule has 1 saturated heterocycles. The summed E-state index contributed by atoms with van der Waals surface area (Å²) in [5, 5.41) is 9.73. The Hall–Kier alpha value is -1.16. The highest BCUT2D eigenvalue weighted by Gasteiger charge is 2.34. The Morgan fingerprint density at radius 2 is 2.00 bits per heavy atom. The van der Waals surface area contributed by atoms with Gasteiger partial charge in [-0.25, -0.2) is 9.97 Å². The predicted octanol–water partition coefficient (Wildman–Crippen LogP) is 3.25. The third-order valence-electron chi connectivity index (χ3n) is 5.08. The lowest BCUT2D eigenvalue weighted by Crippen LogP contribution is -2.47. The zero-order valence-corrected chi connectivity index (χ0v) is 13.3. The molecule has 2 atom stereocenters. The molecular weight excluding hydrogens is 262 g/mol. The van der Waals surface area contributed by atoms with E-state index in [1.807, 2.05) is 6.20 Å². The molecule has 1 aromatic heterocycles. The molecule has 2 aliphatic rings. The van der Waals surface area contributed by atoms with Crippen LogP contribution in [0.1, 0.15) is 69.8 Å². The van der Waals surface area contributed by atoms with Gasteiger partial charge in [0.15, 0.2) is 0 Å². The van der Waals surface area contributed by atoms with Crippen LogP contribution < -0.4 is 4.90 Å². The van der Waals surface area contributed by atoms with E-state index >= 15 is 0 Å². The topological polar surface area (TPSA) is 49.2 Å². The predicted molar refractivity (Wildman–Crippen MR) is 84.4 cm³/mol. The average Bonchev–Trinajstić information content (AvgIpc) is 2.53. The minimum absolute atomic E-state index is 0.00542. The Morgan fingerprint density at radius 3 is 2.76 bits per heavy atom. The first kappa shape index (κ1) is 14.8. The zero-order valence-electron chi connectivity index (χ0n) is 13.3. The van der Waals surface area contributed by atoms with Crippen LogP contribution in [0.15, 0.2) is 6.20 Å². The van der Waals surface area contributed by atoms with Gasteiger partial charge in [-0.2, -0.15) is 0 Å². The van der Waals surface area contributed by atoms with Crippen LogP contribution >= 0.6 is 0 Å². The number of anilines is 1. The van der Waals surface area contributed by atoms with E-state index in [2.05, 4.69) is 28.7 Å². The molecule has 4 nitrogen and oxygen atoms in total. The highest BCUT2D eigenvalue weighted by molar-refractivity contribution is 5.50. The number of aromatic nitrogens is 2. The van der Waals surface area contributed by atoms with Gasteiger partial charge in [0.2, 0.25) is 0 Å². The number of piperidine rings is 1. The van der Waals surface area contributed by atoms with Crippen LogP contribution in [-0.4, -0.2) is 27.7 Å². The number of aliphatic hydroxyl groups is 1. The highest BCUT2D eigenvalue weighted by atomic mass is 16.3. The van der Waals surface area contributed by atoms with Crippen molar-refractivity contribution in [3.63, 3.8) is 0 Å². The average molecular weight is 289 g/mol. The van der Waals surface area contributed by atoms with Crippen LogP contribution in [0.25, 0.3) is 0 Å². The number of aliphatic hydroxyl groups excluding tert-OH is 1. The summed E-state index contributed by atoms with van der Waals surface area (Å²) >= 11 is 0. The van der Waals surface area contributed by atoms with E-state index < -0.39 is 0 Å². The third kappa shape index (κ3) is 2.91. The van der Waals surface area contributed by atoms with Crippen LogP contribution in [0, 0.1) is 5.92 Å². The highest BCUT2D eigenvalue weighted by Crippen LogP contribution is 2.38. The quantitative estimate of drug-likeness (QED) is 0.928. The first-order valence-electron chi connectivity index (χ1n) is 8.44. The Bertz CT molecular complexity index is 487. The van der Waals surface area contributed by atoms with Crippen LogP contribution in [0.3, 0.4) is 0 Å². The first-order chi connectivity index (χ1) is 10.2. The number of hydrogen-bond acceptors (Lipinski definition) is 4. The molecule has 1 saturated carbocycles. The van der Waals surface area contributed by atoms with Crippen molar-refractivity contribution < 1.29 is 5.11 Å². The van der Waals surface area contributed by atoms with E-state index in [4.69, 9.17) is 0 Å². The molecule has 0 bridgehead atoms. The van der Waals surface area contributed by atoms with Crippen LogP contribution in [0.4, 0.5) is 5.69 Å². The fourth-order valence-corrected chi connectivity index (χ4v) is 3.98. The second-order valence-electron chi connectivity index (χ2n) is 6.82. The number of rotatable bonds is 3. The van der Waals surface area contributed by atoms with Gasteiger partial charge in [0.1, 0.15) is 5.82 Å². The van der Waals surface area contributed by atoms with Crippen LogP contribution in [-0.2, 0) is 6.61 Å². The van der Waals surface area contributed by atoms with E-state index in [9.17, 15) is 5.11 Å². The summed E-state index contributed by atoms with van der Waals surface area (Å²) in [4.78, 5) is 11.6. The molecule has 1 N–H and O–H groups in total. The molecule has 21 heavy (non-hydrogen) atoms. The minimum Gasteiger partial charge on any atom is -0.390 e. The summed E-state index contributed by atoms with van der Waals surface area (Å²) in [6.45, 7) is 5.27. The smallest absolute Gasteiger partial charge is 0.131 e. The van der Waals surface area contributed by atoms with E-state index in [1.165, 1.54) is 38.5 Å². The summed E-state index contributed by atoms with van der Waals surface area (Å²) in [5.74, 6) is 1.96. The third-order valence-corrected chi connectivity index (χ3v) is 5.08. The van der Waals surface area contributed by atoms with Crippen LogP contribution in [0.5, 0.6) is 0 Å². The van der Waals surface area contributed by atoms with E-state index in [1.54, 1.807) is 0 Å². The largest absolute Gasteiger partial charge is 0.390 e. The molecule has 116 valence electrons. The summed E-state index contributed by atoms with van der Waals surface area (Å²) in [5.41, 5.74) is 1.87. The van der Waals surface area contributed by atoms with Gasteiger partial charge < -0.3 is 10.0 Å². The van der Waals surface area contributed by atoms with Gasteiger partial charge >= 0.3 is 0 Å². The molecule has 0 spiro atoms. The van der Waals surface area contributed by atoms with E-state index in [0.717, 1.165) is 29.7 Å². The van der Waals surface area contributed by atoms with Crippen molar-refractivity contribution in [3.8, 4) is 0 Å². The van der Waals surface area contributed by atoms with Crippen molar-refractivity contribution in [1.82, 2.24) is 9.97 Å². The molecule has 0 amide bonds. The van der Waals surface area contributed by atoms with Crippen molar-refractivity contribution in [2.24, 2.45) is 5.92 Å². The van der Waals surface area contributed by atoms with E-state index in [0.29, 0.717) is 12.0 Å². The molecule has 1 aliphatic heterocycles. The SMILES string of the molecule is CC(C)c1ncc(N2CCCC3CCCCC32)c(CO)n1. The van der Waals surface area contributed by atoms with Crippen molar-refractivity contribution in [2.75, 3.05) is 11.4 Å². The zero-order chi connectivity index (χ0) is 14.8. The van der Waals surface area contributed by atoms with Gasteiger partial charge in [-0.15, -0.1) is 0 Å². The maximum atomic E-state index is 9.73. The number of fused-ring (bicyclic) bond motifs is 1. The second-order valence-corrected chi connectivity index (χ2v) is 6.82.